The Morgan fingerprint density at radius 2 is 2.20 bits per heavy atom. The number of halogens is 1. The van der Waals surface area contributed by atoms with Crippen LogP contribution in [0, 0.1) is 15.9 Å². The Balaban J connectivity index is 2.05. The van der Waals surface area contributed by atoms with Gasteiger partial charge in [0.25, 0.3) is 0 Å². The third kappa shape index (κ3) is 3.18. The second kappa shape index (κ2) is 5.79. The largest absolute Gasteiger partial charge is 0.337 e. The van der Waals surface area contributed by atoms with Gasteiger partial charge in [0.1, 0.15) is 5.82 Å². The SMILES string of the molecule is CN(Cc1ccc([N+](=O)[O-])c(F)c1)Cc1nccn1C. The zero-order chi connectivity index (χ0) is 14.7. The van der Waals surface area contributed by atoms with E-state index in [-0.39, 0.29) is 0 Å². The zero-order valence-electron chi connectivity index (χ0n) is 11.3. The van der Waals surface area contributed by atoms with Gasteiger partial charge in [-0.3, -0.25) is 15.0 Å². The number of hydrogen-bond donors (Lipinski definition) is 0. The summed E-state index contributed by atoms with van der Waals surface area (Å²) in [5.41, 5.74) is 0.185. The van der Waals surface area contributed by atoms with E-state index in [1.165, 1.54) is 12.1 Å². The van der Waals surface area contributed by atoms with Crippen LogP contribution in [0.5, 0.6) is 0 Å². The molecule has 20 heavy (non-hydrogen) atoms. The molecule has 0 atom stereocenters. The Kier molecular flexibility index (Phi) is 4.09. The molecule has 0 amide bonds. The first kappa shape index (κ1) is 14.1. The van der Waals surface area contributed by atoms with Crippen molar-refractivity contribution in [1.82, 2.24) is 14.5 Å². The van der Waals surface area contributed by atoms with E-state index in [1.54, 1.807) is 12.3 Å². The van der Waals surface area contributed by atoms with Crippen molar-refractivity contribution in [2.75, 3.05) is 7.05 Å². The van der Waals surface area contributed by atoms with Crippen LogP contribution >= 0.6 is 0 Å². The average molecular weight is 278 g/mol. The number of imidazole rings is 1. The van der Waals surface area contributed by atoms with Crippen molar-refractivity contribution >= 4 is 5.69 Å². The fourth-order valence-corrected chi connectivity index (χ4v) is 1.95. The maximum atomic E-state index is 13.5. The van der Waals surface area contributed by atoms with Gasteiger partial charge in [0.05, 0.1) is 11.5 Å². The van der Waals surface area contributed by atoms with Gasteiger partial charge in [-0.25, -0.2) is 4.98 Å². The Labute approximate surface area is 115 Å². The van der Waals surface area contributed by atoms with Crippen LogP contribution in [0.25, 0.3) is 0 Å². The van der Waals surface area contributed by atoms with Crippen molar-refractivity contribution in [2.45, 2.75) is 13.1 Å². The molecule has 7 heteroatoms. The van der Waals surface area contributed by atoms with Crippen LogP contribution in [-0.2, 0) is 20.1 Å². The lowest BCUT2D eigenvalue weighted by Gasteiger charge is -2.16. The minimum atomic E-state index is -0.808. The van der Waals surface area contributed by atoms with Gasteiger partial charge in [-0.1, -0.05) is 6.07 Å². The molecule has 0 fully saturated rings. The molecule has 0 bridgehead atoms. The van der Waals surface area contributed by atoms with Crippen LogP contribution in [0.15, 0.2) is 30.6 Å². The molecule has 0 spiro atoms. The topological polar surface area (TPSA) is 64.2 Å². The molecule has 1 aromatic carbocycles. The number of aromatic nitrogens is 2. The minimum absolute atomic E-state index is 0.488. The average Bonchev–Trinajstić information content (AvgIpc) is 2.74. The van der Waals surface area contributed by atoms with Crippen molar-refractivity contribution in [3.8, 4) is 0 Å². The van der Waals surface area contributed by atoms with Crippen LogP contribution in [0.3, 0.4) is 0 Å². The highest BCUT2D eigenvalue weighted by Gasteiger charge is 2.14. The van der Waals surface area contributed by atoms with Gasteiger partial charge in [0.15, 0.2) is 0 Å². The van der Waals surface area contributed by atoms with Crippen molar-refractivity contribution in [2.24, 2.45) is 7.05 Å². The summed E-state index contributed by atoms with van der Waals surface area (Å²) in [7, 11) is 3.79. The molecule has 0 saturated heterocycles. The highest BCUT2D eigenvalue weighted by Crippen LogP contribution is 2.19. The molecule has 0 radical (unpaired) electrons. The highest BCUT2D eigenvalue weighted by molar-refractivity contribution is 5.34. The van der Waals surface area contributed by atoms with Crippen LogP contribution in [0.4, 0.5) is 10.1 Å². The maximum Gasteiger partial charge on any atom is 0.304 e. The summed E-state index contributed by atoms with van der Waals surface area (Å²) in [5.74, 6) is 0.0905. The summed E-state index contributed by atoms with van der Waals surface area (Å²) < 4.78 is 15.4. The first-order valence-electron chi connectivity index (χ1n) is 6.05. The summed E-state index contributed by atoms with van der Waals surface area (Å²) in [6.45, 7) is 1.10. The van der Waals surface area contributed by atoms with Crippen molar-refractivity contribution in [1.29, 1.82) is 0 Å². The Morgan fingerprint density at radius 3 is 2.75 bits per heavy atom. The molecule has 0 unspecified atom stereocenters. The third-order valence-electron chi connectivity index (χ3n) is 2.99. The standard InChI is InChI=1S/C13H15FN4O2/c1-16(9-13-15-5-6-17(13)2)8-10-3-4-12(18(19)20)11(14)7-10/h3-7H,8-9H2,1-2H3. The fourth-order valence-electron chi connectivity index (χ4n) is 1.95. The van der Waals surface area contributed by atoms with E-state index in [2.05, 4.69) is 4.98 Å². The van der Waals surface area contributed by atoms with Gasteiger partial charge >= 0.3 is 5.69 Å². The first-order valence-corrected chi connectivity index (χ1v) is 6.05. The lowest BCUT2D eigenvalue weighted by atomic mass is 10.2. The van der Waals surface area contributed by atoms with Gasteiger partial charge in [-0.05, 0) is 18.7 Å². The normalized spacial score (nSPS) is 11.0. The molecular weight excluding hydrogens is 263 g/mol. The first-order chi connectivity index (χ1) is 9.47. The Morgan fingerprint density at radius 1 is 1.45 bits per heavy atom. The zero-order valence-corrected chi connectivity index (χ0v) is 11.3. The number of nitro benzene ring substituents is 1. The quantitative estimate of drug-likeness (QED) is 0.620. The summed E-state index contributed by atoms with van der Waals surface area (Å²) in [5, 5.41) is 10.5. The summed E-state index contributed by atoms with van der Waals surface area (Å²) in [6.07, 6.45) is 3.57. The molecule has 6 nitrogen and oxygen atoms in total. The molecule has 1 heterocycles. The van der Waals surface area contributed by atoms with Gasteiger partial charge in [0, 0.05) is 32.1 Å². The van der Waals surface area contributed by atoms with E-state index >= 15 is 0 Å². The van der Waals surface area contributed by atoms with E-state index < -0.39 is 16.4 Å². The predicted octanol–water partition coefficient (Wildman–Crippen LogP) is 2.10. The van der Waals surface area contributed by atoms with Crippen LogP contribution in [-0.4, -0.2) is 26.4 Å². The number of aryl methyl sites for hydroxylation is 1. The number of nitro groups is 1. The Bertz CT molecular complexity index is 627. The van der Waals surface area contributed by atoms with E-state index in [0.29, 0.717) is 18.7 Å². The molecule has 0 aliphatic carbocycles. The second-order valence-electron chi connectivity index (χ2n) is 4.67. The molecule has 2 aromatic rings. The maximum absolute atomic E-state index is 13.5. The molecule has 0 aliphatic rings. The Hall–Kier alpha value is -2.28. The summed E-state index contributed by atoms with van der Waals surface area (Å²) in [6, 6.07) is 3.96. The van der Waals surface area contributed by atoms with Gasteiger partial charge in [0.2, 0.25) is 5.82 Å². The molecule has 1 aromatic heterocycles. The van der Waals surface area contributed by atoms with Crippen LogP contribution < -0.4 is 0 Å². The third-order valence-corrected chi connectivity index (χ3v) is 2.99. The monoisotopic (exact) mass is 278 g/mol. The van der Waals surface area contributed by atoms with Crippen molar-refractivity contribution < 1.29 is 9.31 Å². The minimum Gasteiger partial charge on any atom is -0.337 e. The molecule has 0 N–H and O–H groups in total. The number of rotatable bonds is 5. The lowest BCUT2D eigenvalue weighted by Crippen LogP contribution is -2.19. The predicted molar refractivity (Wildman–Crippen MR) is 71.4 cm³/mol. The molecule has 0 saturated carbocycles. The number of nitrogens with zero attached hydrogens (tertiary/aromatic N) is 4. The summed E-state index contributed by atoms with van der Waals surface area (Å²) >= 11 is 0. The van der Waals surface area contributed by atoms with Gasteiger partial charge in [-0.15, -0.1) is 0 Å². The van der Waals surface area contributed by atoms with Crippen molar-refractivity contribution in [3.05, 3.63) is 57.9 Å². The molecule has 2 rings (SSSR count). The van der Waals surface area contributed by atoms with E-state index in [4.69, 9.17) is 0 Å². The lowest BCUT2D eigenvalue weighted by molar-refractivity contribution is -0.387. The van der Waals surface area contributed by atoms with E-state index in [0.717, 1.165) is 5.82 Å². The second-order valence-corrected chi connectivity index (χ2v) is 4.67. The van der Waals surface area contributed by atoms with Gasteiger partial charge in [-0.2, -0.15) is 4.39 Å². The van der Waals surface area contributed by atoms with Crippen molar-refractivity contribution in [3.63, 3.8) is 0 Å². The highest BCUT2D eigenvalue weighted by atomic mass is 19.1. The van der Waals surface area contributed by atoms with E-state index in [9.17, 15) is 14.5 Å². The van der Waals surface area contributed by atoms with Gasteiger partial charge < -0.3 is 4.57 Å². The molecule has 0 aliphatic heterocycles. The van der Waals surface area contributed by atoms with E-state index in [1.807, 2.05) is 29.8 Å². The summed E-state index contributed by atoms with van der Waals surface area (Å²) in [4.78, 5) is 16.0. The number of benzene rings is 1. The smallest absolute Gasteiger partial charge is 0.304 e. The van der Waals surface area contributed by atoms with Crippen LogP contribution in [0.2, 0.25) is 0 Å². The number of hydrogen-bond acceptors (Lipinski definition) is 4. The van der Waals surface area contributed by atoms with Crippen LogP contribution in [0.1, 0.15) is 11.4 Å². The molecule has 106 valence electrons. The molecular formula is C13H15FN4O2. The fraction of sp³-hybridized carbons (Fsp3) is 0.308.